The highest BCUT2D eigenvalue weighted by molar-refractivity contribution is 5.79. The standard InChI is InChI=1S/C18H30F2N4O2/c1-6-21-17(22-9-10-24-18(2,3)4)23-12-13-11-14(25-5)7-8-15(13)26-16(19)20/h7-8,11,16,24H,6,9-10,12H2,1-5H3,(H2,21,22,23). The SMILES string of the molecule is CCNC(=NCc1cc(OC)ccc1OC(F)F)NCCNC(C)(C)C. The van der Waals surface area contributed by atoms with Crippen LogP contribution in [0.5, 0.6) is 11.5 Å². The van der Waals surface area contributed by atoms with E-state index in [0.29, 0.717) is 30.4 Å². The van der Waals surface area contributed by atoms with Crippen LogP contribution in [0.25, 0.3) is 0 Å². The molecule has 8 heteroatoms. The molecule has 0 saturated heterocycles. The third-order valence-electron chi connectivity index (χ3n) is 3.31. The van der Waals surface area contributed by atoms with E-state index in [1.54, 1.807) is 12.1 Å². The van der Waals surface area contributed by atoms with E-state index < -0.39 is 6.61 Å². The molecule has 0 aliphatic rings. The maximum absolute atomic E-state index is 12.6. The number of ether oxygens (including phenoxy) is 2. The minimum Gasteiger partial charge on any atom is -0.497 e. The fraction of sp³-hybridized carbons (Fsp3) is 0.611. The largest absolute Gasteiger partial charge is 0.497 e. The molecule has 0 aromatic heterocycles. The number of rotatable bonds is 9. The van der Waals surface area contributed by atoms with Crippen LogP contribution in [0.4, 0.5) is 8.78 Å². The molecule has 0 aliphatic heterocycles. The number of nitrogens with zero attached hydrogens (tertiary/aromatic N) is 1. The van der Waals surface area contributed by atoms with E-state index in [9.17, 15) is 8.78 Å². The molecule has 1 aromatic rings. The Bertz CT molecular complexity index is 575. The van der Waals surface area contributed by atoms with E-state index in [4.69, 9.17) is 4.74 Å². The molecule has 26 heavy (non-hydrogen) atoms. The van der Waals surface area contributed by atoms with Crippen molar-refractivity contribution < 1.29 is 18.3 Å². The van der Waals surface area contributed by atoms with Crippen molar-refractivity contribution in [1.29, 1.82) is 0 Å². The molecule has 3 N–H and O–H groups in total. The summed E-state index contributed by atoms with van der Waals surface area (Å²) in [5, 5.41) is 9.71. The second-order valence-corrected chi connectivity index (χ2v) is 6.65. The third kappa shape index (κ3) is 8.84. The average molecular weight is 372 g/mol. The summed E-state index contributed by atoms with van der Waals surface area (Å²) >= 11 is 0. The van der Waals surface area contributed by atoms with Gasteiger partial charge in [0.2, 0.25) is 0 Å². The van der Waals surface area contributed by atoms with E-state index in [1.165, 1.54) is 13.2 Å². The zero-order chi connectivity index (χ0) is 19.6. The molecule has 0 heterocycles. The Morgan fingerprint density at radius 1 is 1.19 bits per heavy atom. The van der Waals surface area contributed by atoms with E-state index in [1.807, 2.05) is 6.92 Å². The Hall–Kier alpha value is -2.09. The van der Waals surface area contributed by atoms with Gasteiger partial charge in [-0.05, 0) is 45.9 Å². The lowest BCUT2D eigenvalue weighted by molar-refractivity contribution is -0.0504. The lowest BCUT2D eigenvalue weighted by Gasteiger charge is -2.21. The van der Waals surface area contributed by atoms with Crippen LogP contribution in [0.2, 0.25) is 0 Å². The molecule has 0 bridgehead atoms. The van der Waals surface area contributed by atoms with E-state index in [-0.39, 0.29) is 17.8 Å². The Balaban J connectivity index is 2.78. The van der Waals surface area contributed by atoms with Crippen LogP contribution in [-0.2, 0) is 6.54 Å². The first kappa shape index (κ1) is 22.0. The summed E-state index contributed by atoms with van der Waals surface area (Å²) in [5.41, 5.74) is 0.564. The van der Waals surface area contributed by atoms with Gasteiger partial charge in [0.05, 0.1) is 13.7 Å². The third-order valence-corrected chi connectivity index (χ3v) is 3.31. The number of aliphatic imine (C=N–C) groups is 1. The Morgan fingerprint density at radius 3 is 2.50 bits per heavy atom. The van der Waals surface area contributed by atoms with Crippen LogP contribution in [0.1, 0.15) is 33.3 Å². The van der Waals surface area contributed by atoms with Crippen molar-refractivity contribution in [3.63, 3.8) is 0 Å². The van der Waals surface area contributed by atoms with Gasteiger partial charge in [-0.3, -0.25) is 0 Å². The molecule has 1 rings (SSSR count). The zero-order valence-corrected chi connectivity index (χ0v) is 16.2. The minimum atomic E-state index is -2.89. The monoisotopic (exact) mass is 372 g/mol. The lowest BCUT2D eigenvalue weighted by atomic mass is 10.1. The summed E-state index contributed by atoms with van der Waals surface area (Å²) in [4.78, 5) is 4.45. The smallest absolute Gasteiger partial charge is 0.387 e. The van der Waals surface area contributed by atoms with Crippen LogP contribution >= 0.6 is 0 Å². The van der Waals surface area contributed by atoms with Crippen molar-refractivity contribution >= 4 is 5.96 Å². The van der Waals surface area contributed by atoms with Crippen molar-refractivity contribution in [2.45, 2.75) is 46.4 Å². The number of nitrogens with one attached hydrogen (secondary N) is 3. The number of halogens is 2. The number of benzene rings is 1. The molecule has 0 radical (unpaired) electrons. The second kappa shape index (κ2) is 10.8. The van der Waals surface area contributed by atoms with Gasteiger partial charge in [0.1, 0.15) is 11.5 Å². The molecule has 0 aliphatic carbocycles. The van der Waals surface area contributed by atoms with Gasteiger partial charge in [0.25, 0.3) is 0 Å². The maximum Gasteiger partial charge on any atom is 0.387 e. The highest BCUT2D eigenvalue weighted by atomic mass is 19.3. The lowest BCUT2D eigenvalue weighted by Crippen LogP contribution is -2.44. The second-order valence-electron chi connectivity index (χ2n) is 6.65. The minimum absolute atomic E-state index is 0.0409. The Morgan fingerprint density at radius 2 is 1.92 bits per heavy atom. The molecule has 0 amide bonds. The summed E-state index contributed by atoms with van der Waals surface area (Å²) in [7, 11) is 1.52. The number of methoxy groups -OCH3 is 1. The van der Waals surface area contributed by atoms with Crippen LogP contribution in [0, 0.1) is 0 Å². The van der Waals surface area contributed by atoms with E-state index in [0.717, 1.165) is 6.54 Å². The Kier molecular flexibility index (Phi) is 9.12. The number of hydrogen-bond donors (Lipinski definition) is 3. The molecule has 0 spiro atoms. The van der Waals surface area contributed by atoms with E-state index >= 15 is 0 Å². The van der Waals surface area contributed by atoms with Gasteiger partial charge in [-0.1, -0.05) is 0 Å². The van der Waals surface area contributed by atoms with Crippen molar-refractivity contribution in [3.05, 3.63) is 23.8 Å². The summed E-state index contributed by atoms with van der Waals surface area (Å²) in [6, 6.07) is 4.68. The van der Waals surface area contributed by atoms with Gasteiger partial charge in [-0.15, -0.1) is 0 Å². The number of guanidine groups is 1. The van der Waals surface area contributed by atoms with Gasteiger partial charge >= 0.3 is 6.61 Å². The number of alkyl halides is 2. The average Bonchev–Trinajstić information content (AvgIpc) is 2.56. The van der Waals surface area contributed by atoms with Gasteiger partial charge < -0.3 is 25.4 Å². The van der Waals surface area contributed by atoms with Gasteiger partial charge in [-0.25, -0.2) is 4.99 Å². The van der Waals surface area contributed by atoms with Crippen molar-refractivity contribution in [1.82, 2.24) is 16.0 Å². The van der Waals surface area contributed by atoms with Crippen molar-refractivity contribution in [2.24, 2.45) is 4.99 Å². The predicted molar refractivity (Wildman–Crippen MR) is 100 cm³/mol. The van der Waals surface area contributed by atoms with E-state index in [2.05, 4.69) is 46.5 Å². The van der Waals surface area contributed by atoms with Crippen LogP contribution in [0.3, 0.4) is 0 Å². The van der Waals surface area contributed by atoms with Gasteiger partial charge in [0.15, 0.2) is 5.96 Å². The van der Waals surface area contributed by atoms with Crippen molar-refractivity contribution in [2.75, 3.05) is 26.7 Å². The van der Waals surface area contributed by atoms with Crippen LogP contribution in [0.15, 0.2) is 23.2 Å². The van der Waals surface area contributed by atoms with Crippen LogP contribution < -0.4 is 25.4 Å². The first-order chi connectivity index (χ1) is 12.2. The normalized spacial score (nSPS) is 12.2. The Labute approximate surface area is 154 Å². The summed E-state index contributed by atoms with van der Waals surface area (Å²) in [6.45, 7) is 7.69. The predicted octanol–water partition coefficient (Wildman–Crippen LogP) is 2.74. The molecule has 0 fully saturated rings. The number of hydrogen-bond acceptors (Lipinski definition) is 4. The van der Waals surface area contributed by atoms with Crippen LogP contribution in [-0.4, -0.2) is 44.9 Å². The molecular weight excluding hydrogens is 342 g/mol. The fourth-order valence-corrected chi connectivity index (χ4v) is 2.14. The molecule has 0 saturated carbocycles. The molecule has 1 aromatic carbocycles. The topological polar surface area (TPSA) is 66.9 Å². The molecule has 0 atom stereocenters. The first-order valence-electron chi connectivity index (χ1n) is 8.64. The first-order valence-corrected chi connectivity index (χ1v) is 8.64. The maximum atomic E-state index is 12.6. The summed E-state index contributed by atoms with van der Waals surface area (Å²) < 4.78 is 34.9. The molecule has 148 valence electrons. The summed E-state index contributed by atoms with van der Waals surface area (Å²) in [5.74, 6) is 1.26. The quantitative estimate of drug-likeness (QED) is 0.353. The fourth-order valence-electron chi connectivity index (χ4n) is 2.14. The summed E-state index contributed by atoms with van der Waals surface area (Å²) in [6.07, 6.45) is 0. The molecule has 6 nitrogen and oxygen atoms in total. The van der Waals surface area contributed by atoms with Gasteiger partial charge in [0, 0.05) is 30.7 Å². The zero-order valence-electron chi connectivity index (χ0n) is 16.2. The molecular formula is C18H30F2N4O2. The molecule has 0 unspecified atom stereocenters. The van der Waals surface area contributed by atoms with Gasteiger partial charge in [-0.2, -0.15) is 8.78 Å². The highest BCUT2D eigenvalue weighted by Gasteiger charge is 2.11. The highest BCUT2D eigenvalue weighted by Crippen LogP contribution is 2.26. The van der Waals surface area contributed by atoms with Crippen molar-refractivity contribution in [3.8, 4) is 11.5 Å².